The normalized spacial score (nSPS) is 17.0. The van der Waals surface area contributed by atoms with Crippen molar-refractivity contribution in [3.63, 3.8) is 0 Å². The topological polar surface area (TPSA) is 72.2 Å². The summed E-state index contributed by atoms with van der Waals surface area (Å²) < 4.78 is 25.6. The molecule has 0 bridgehead atoms. The van der Waals surface area contributed by atoms with Gasteiger partial charge in [0.2, 0.25) is 10.0 Å². The smallest absolute Gasteiger partial charge is 0.215 e. The summed E-state index contributed by atoms with van der Waals surface area (Å²) in [5.74, 6) is 0.820. The van der Waals surface area contributed by atoms with Crippen molar-refractivity contribution in [2.24, 2.45) is 17.6 Å². The first kappa shape index (κ1) is 13.9. The first-order valence-corrected chi connectivity index (χ1v) is 6.54. The predicted molar refractivity (Wildman–Crippen MR) is 59.4 cm³/mol. The number of sulfonamides is 1. The average molecular weight is 222 g/mol. The third-order valence-electron chi connectivity index (χ3n) is 2.61. The molecule has 3 N–H and O–H groups in total. The van der Waals surface area contributed by atoms with Crippen LogP contribution >= 0.6 is 0 Å². The zero-order valence-corrected chi connectivity index (χ0v) is 10.3. The number of nitrogens with one attached hydrogen (secondary N) is 1. The molecular formula is C9H22N2O2S. The van der Waals surface area contributed by atoms with E-state index >= 15 is 0 Å². The van der Waals surface area contributed by atoms with Gasteiger partial charge in [-0.25, -0.2) is 13.1 Å². The van der Waals surface area contributed by atoms with Gasteiger partial charge in [-0.05, 0) is 18.8 Å². The van der Waals surface area contributed by atoms with E-state index in [2.05, 4.69) is 18.6 Å². The molecule has 0 aliphatic rings. The van der Waals surface area contributed by atoms with Crippen LogP contribution in [0.1, 0.15) is 27.7 Å². The van der Waals surface area contributed by atoms with Crippen LogP contribution in [0.4, 0.5) is 0 Å². The standard InChI is InChI=1S/C9H22N2O2S/c1-7(2)8(3)6-11-14(12,13)9(4)5-10/h7-9,11H,5-6,10H2,1-4H3. The summed E-state index contributed by atoms with van der Waals surface area (Å²) in [5.41, 5.74) is 5.31. The van der Waals surface area contributed by atoms with Crippen LogP contribution < -0.4 is 10.5 Å². The van der Waals surface area contributed by atoms with Crippen molar-refractivity contribution in [1.82, 2.24) is 4.72 Å². The van der Waals surface area contributed by atoms with Crippen molar-refractivity contribution in [3.8, 4) is 0 Å². The van der Waals surface area contributed by atoms with Gasteiger partial charge < -0.3 is 5.73 Å². The maximum Gasteiger partial charge on any atom is 0.215 e. The van der Waals surface area contributed by atoms with E-state index in [1.54, 1.807) is 6.92 Å². The fourth-order valence-electron chi connectivity index (χ4n) is 0.752. The third-order valence-corrected chi connectivity index (χ3v) is 4.43. The lowest BCUT2D eigenvalue weighted by Gasteiger charge is -2.18. The Morgan fingerprint density at radius 1 is 1.21 bits per heavy atom. The Hall–Kier alpha value is -0.130. The molecule has 5 heteroatoms. The largest absolute Gasteiger partial charge is 0.329 e. The van der Waals surface area contributed by atoms with Gasteiger partial charge >= 0.3 is 0 Å². The number of hydrogen-bond acceptors (Lipinski definition) is 3. The van der Waals surface area contributed by atoms with Crippen molar-refractivity contribution in [2.75, 3.05) is 13.1 Å². The molecule has 0 saturated carbocycles. The molecule has 0 saturated heterocycles. The molecule has 0 aromatic heterocycles. The summed E-state index contributed by atoms with van der Waals surface area (Å²) in [6, 6.07) is 0. The van der Waals surface area contributed by atoms with Gasteiger partial charge in [0.1, 0.15) is 0 Å². The van der Waals surface area contributed by atoms with Crippen molar-refractivity contribution >= 4 is 10.0 Å². The van der Waals surface area contributed by atoms with E-state index in [1.807, 2.05) is 6.92 Å². The van der Waals surface area contributed by atoms with E-state index in [9.17, 15) is 8.42 Å². The summed E-state index contributed by atoms with van der Waals surface area (Å²) in [4.78, 5) is 0. The van der Waals surface area contributed by atoms with Crippen LogP contribution in [0.15, 0.2) is 0 Å². The molecule has 2 unspecified atom stereocenters. The Balaban J connectivity index is 4.13. The van der Waals surface area contributed by atoms with Gasteiger partial charge in [0.15, 0.2) is 0 Å². The Morgan fingerprint density at radius 3 is 2.07 bits per heavy atom. The lowest BCUT2D eigenvalue weighted by Crippen LogP contribution is -2.39. The van der Waals surface area contributed by atoms with Gasteiger partial charge in [-0.3, -0.25) is 0 Å². The summed E-state index contributed by atoms with van der Waals surface area (Å²) >= 11 is 0. The molecule has 0 aliphatic heterocycles. The van der Waals surface area contributed by atoms with Crippen LogP contribution in [0.25, 0.3) is 0 Å². The highest BCUT2D eigenvalue weighted by Gasteiger charge is 2.19. The lowest BCUT2D eigenvalue weighted by molar-refractivity contribution is 0.414. The zero-order valence-electron chi connectivity index (χ0n) is 9.45. The van der Waals surface area contributed by atoms with Crippen LogP contribution in [-0.4, -0.2) is 26.8 Å². The van der Waals surface area contributed by atoms with E-state index in [-0.39, 0.29) is 6.54 Å². The van der Waals surface area contributed by atoms with Crippen LogP contribution in [0, 0.1) is 11.8 Å². The maximum absolute atomic E-state index is 11.5. The van der Waals surface area contributed by atoms with Crippen LogP contribution in [0.5, 0.6) is 0 Å². The molecule has 0 radical (unpaired) electrons. The molecular weight excluding hydrogens is 200 g/mol. The Bertz CT molecular complexity index is 250. The fraction of sp³-hybridized carbons (Fsp3) is 1.00. The first-order chi connectivity index (χ1) is 6.31. The quantitative estimate of drug-likeness (QED) is 0.689. The predicted octanol–water partition coefficient (Wildman–Crippen LogP) is 0.545. The summed E-state index contributed by atoms with van der Waals surface area (Å²) in [6.45, 7) is 8.44. The fourth-order valence-corrected chi connectivity index (χ4v) is 1.79. The average Bonchev–Trinajstić information content (AvgIpc) is 2.12. The molecule has 0 fully saturated rings. The third kappa shape index (κ3) is 4.39. The van der Waals surface area contributed by atoms with Gasteiger partial charge in [0.25, 0.3) is 0 Å². The molecule has 0 spiro atoms. The molecule has 0 heterocycles. The molecule has 0 aliphatic carbocycles. The highest BCUT2D eigenvalue weighted by molar-refractivity contribution is 7.90. The van der Waals surface area contributed by atoms with Crippen LogP contribution in [-0.2, 0) is 10.0 Å². The van der Waals surface area contributed by atoms with Crippen LogP contribution in [0.2, 0.25) is 0 Å². The second kappa shape index (κ2) is 5.68. The minimum Gasteiger partial charge on any atom is -0.329 e. The summed E-state index contributed by atoms with van der Waals surface area (Å²) in [7, 11) is -3.21. The minimum absolute atomic E-state index is 0.158. The van der Waals surface area contributed by atoms with E-state index in [4.69, 9.17) is 5.73 Å². The van der Waals surface area contributed by atoms with Crippen LogP contribution in [0.3, 0.4) is 0 Å². The van der Waals surface area contributed by atoms with Gasteiger partial charge in [0, 0.05) is 13.1 Å². The minimum atomic E-state index is -3.21. The van der Waals surface area contributed by atoms with Crippen molar-refractivity contribution in [1.29, 1.82) is 0 Å². The molecule has 86 valence electrons. The molecule has 14 heavy (non-hydrogen) atoms. The Morgan fingerprint density at radius 2 is 1.71 bits per heavy atom. The van der Waals surface area contributed by atoms with Gasteiger partial charge in [0.05, 0.1) is 5.25 Å². The van der Waals surface area contributed by atoms with Crippen molar-refractivity contribution < 1.29 is 8.42 Å². The number of rotatable bonds is 6. The molecule has 4 nitrogen and oxygen atoms in total. The molecule has 2 atom stereocenters. The number of nitrogens with two attached hydrogens (primary N) is 1. The Labute approximate surface area is 87.3 Å². The second-order valence-electron chi connectivity index (χ2n) is 4.16. The highest BCUT2D eigenvalue weighted by atomic mass is 32.2. The van der Waals surface area contributed by atoms with Gasteiger partial charge in [-0.15, -0.1) is 0 Å². The van der Waals surface area contributed by atoms with E-state index in [0.717, 1.165) is 0 Å². The van der Waals surface area contributed by atoms with Crippen molar-refractivity contribution in [2.45, 2.75) is 32.9 Å². The van der Waals surface area contributed by atoms with E-state index < -0.39 is 15.3 Å². The molecule has 0 aromatic rings. The molecule has 0 aromatic carbocycles. The lowest BCUT2D eigenvalue weighted by atomic mass is 9.99. The van der Waals surface area contributed by atoms with E-state index in [0.29, 0.717) is 18.4 Å². The van der Waals surface area contributed by atoms with Gasteiger partial charge in [-0.2, -0.15) is 0 Å². The Kier molecular flexibility index (Phi) is 5.63. The molecule has 0 rings (SSSR count). The maximum atomic E-state index is 11.5. The van der Waals surface area contributed by atoms with E-state index in [1.165, 1.54) is 0 Å². The molecule has 0 amide bonds. The zero-order chi connectivity index (χ0) is 11.4. The second-order valence-corrected chi connectivity index (χ2v) is 6.34. The number of hydrogen-bond donors (Lipinski definition) is 2. The monoisotopic (exact) mass is 222 g/mol. The highest BCUT2D eigenvalue weighted by Crippen LogP contribution is 2.08. The summed E-state index contributed by atoms with van der Waals surface area (Å²) in [5, 5.41) is -0.512. The van der Waals surface area contributed by atoms with Gasteiger partial charge in [-0.1, -0.05) is 20.8 Å². The summed E-state index contributed by atoms with van der Waals surface area (Å²) in [6.07, 6.45) is 0. The van der Waals surface area contributed by atoms with Crippen molar-refractivity contribution in [3.05, 3.63) is 0 Å². The SMILES string of the molecule is CC(C)C(C)CNS(=O)(=O)C(C)CN. The first-order valence-electron chi connectivity index (χ1n) is 4.99.